The van der Waals surface area contributed by atoms with Gasteiger partial charge in [-0.1, -0.05) is 0 Å². The Balaban J connectivity index is 2.69. The number of methoxy groups -OCH3 is 1. The molecule has 3 N–H and O–H groups in total. The lowest BCUT2D eigenvalue weighted by molar-refractivity contribution is -0.139. The Morgan fingerprint density at radius 1 is 1.40 bits per heavy atom. The molecule has 0 saturated heterocycles. The van der Waals surface area contributed by atoms with Crippen LogP contribution >= 0.6 is 0 Å². The number of aryl methyl sites for hydroxylation is 1. The minimum atomic E-state index is -1.08. The van der Waals surface area contributed by atoms with Gasteiger partial charge in [-0.25, -0.2) is 4.79 Å². The first kappa shape index (κ1) is 16.0. The first-order valence-corrected chi connectivity index (χ1v) is 6.28. The number of hydrogen-bond donors (Lipinski definition) is 3. The molecule has 0 radical (unpaired) electrons. The lowest BCUT2D eigenvalue weighted by Gasteiger charge is -2.14. The van der Waals surface area contributed by atoms with Gasteiger partial charge < -0.3 is 20.3 Å². The second-order valence-corrected chi connectivity index (χ2v) is 4.50. The van der Waals surface area contributed by atoms with Gasteiger partial charge in [-0.05, 0) is 43.5 Å². The lowest BCUT2D eigenvalue weighted by atomic mass is 10.1. The predicted octanol–water partition coefficient (Wildman–Crippen LogP) is 1.31. The SMILES string of the molecule is COCCCC(NC(=O)c1ccc(O)c(C)c1)C(=O)O. The monoisotopic (exact) mass is 281 g/mol. The molecule has 6 nitrogen and oxygen atoms in total. The van der Waals surface area contributed by atoms with Gasteiger partial charge in [0.2, 0.25) is 0 Å². The van der Waals surface area contributed by atoms with Gasteiger partial charge in [0.1, 0.15) is 11.8 Å². The van der Waals surface area contributed by atoms with E-state index in [0.717, 1.165) is 0 Å². The third-order valence-corrected chi connectivity index (χ3v) is 2.90. The van der Waals surface area contributed by atoms with Crippen molar-refractivity contribution < 1.29 is 24.5 Å². The van der Waals surface area contributed by atoms with Gasteiger partial charge in [0.25, 0.3) is 5.91 Å². The maximum atomic E-state index is 12.0. The zero-order valence-corrected chi connectivity index (χ0v) is 11.5. The van der Waals surface area contributed by atoms with E-state index < -0.39 is 17.9 Å². The van der Waals surface area contributed by atoms with Crippen molar-refractivity contribution in [3.8, 4) is 5.75 Å². The molecule has 110 valence electrons. The summed E-state index contributed by atoms with van der Waals surface area (Å²) in [5.41, 5.74) is 0.877. The minimum Gasteiger partial charge on any atom is -0.508 e. The topological polar surface area (TPSA) is 95.9 Å². The van der Waals surface area contributed by atoms with Crippen molar-refractivity contribution in [2.24, 2.45) is 0 Å². The first-order valence-electron chi connectivity index (χ1n) is 6.28. The third kappa shape index (κ3) is 4.55. The Labute approximate surface area is 117 Å². The van der Waals surface area contributed by atoms with E-state index in [1.54, 1.807) is 6.92 Å². The van der Waals surface area contributed by atoms with E-state index in [1.165, 1.54) is 25.3 Å². The van der Waals surface area contributed by atoms with Gasteiger partial charge in [0, 0.05) is 19.3 Å². The summed E-state index contributed by atoms with van der Waals surface area (Å²) < 4.78 is 4.86. The highest BCUT2D eigenvalue weighted by molar-refractivity contribution is 5.96. The summed E-state index contributed by atoms with van der Waals surface area (Å²) >= 11 is 0. The maximum Gasteiger partial charge on any atom is 0.326 e. The highest BCUT2D eigenvalue weighted by atomic mass is 16.5. The largest absolute Gasteiger partial charge is 0.508 e. The summed E-state index contributed by atoms with van der Waals surface area (Å²) in [7, 11) is 1.54. The van der Waals surface area contributed by atoms with E-state index in [1.807, 2.05) is 0 Å². The highest BCUT2D eigenvalue weighted by Crippen LogP contribution is 2.17. The van der Waals surface area contributed by atoms with Gasteiger partial charge >= 0.3 is 5.97 Å². The summed E-state index contributed by atoms with van der Waals surface area (Å²) in [5, 5.41) is 20.9. The molecule has 0 aliphatic rings. The van der Waals surface area contributed by atoms with Crippen LogP contribution in [-0.4, -0.2) is 41.8 Å². The number of carboxylic acids is 1. The first-order chi connectivity index (χ1) is 9.45. The van der Waals surface area contributed by atoms with Crippen LogP contribution in [0.5, 0.6) is 5.75 Å². The van der Waals surface area contributed by atoms with Crippen LogP contribution in [-0.2, 0) is 9.53 Å². The minimum absolute atomic E-state index is 0.0939. The van der Waals surface area contributed by atoms with Crippen molar-refractivity contribution in [1.29, 1.82) is 0 Å². The molecular weight excluding hydrogens is 262 g/mol. The van der Waals surface area contributed by atoms with Crippen LogP contribution in [0.25, 0.3) is 0 Å². The molecule has 0 aliphatic carbocycles. The van der Waals surface area contributed by atoms with Crippen LogP contribution in [0.3, 0.4) is 0 Å². The Bertz CT molecular complexity index is 486. The number of carbonyl (C=O) groups excluding carboxylic acids is 1. The number of hydrogen-bond acceptors (Lipinski definition) is 4. The molecule has 20 heavy (non-hydrogen) atoms. The van der Waals surface area contributed by atoms with Crippen LogP contribution in [0.4, 0.5) is 0 Å². The number of amides is 1. The van der Waals surface area contributed by atoms with Crippen molar-refractivity contribution in [2.75, 3.05) is 13.7 Å². The van der Waals surface area contributed by atoms with Crippen LogP contribution in [0.15, 0.2) is 18.2 Å². The van der Waals surface area contributed by atoms with Gasteiger partial charge in [0.15, 0.2) is 0 Å². The van der Waals surface area contributed by atoms with Crippen molar-refractivity contribution in [2.45, 2.75) is 25.8 Å². The van der Waals surface area contributed by atoms with E-state index in [2.05, 4.69) is 5.32 Å². The zero-order valence-electron chi connectivity index (χ0n) is 11.5. The summed E-state index contributed by atoms with van der Waals surface area (Å²) in [6.45, 7) is 2.11. The third-order valence-electron chi connectivity index (χ3n) is 2.90. The van der Waals surface area contributed by atoms with E-state index in [0.29, 0.717) is 30.6 Å². The summed E-state index contributed by atoms with van der Waals surface area (Å²) in [5.74, 6) is -1.46. The zero-order chi connectivity index (χ0) is 15.1. The number of rotatable bonds is 7. The van der Waals surface area contributed by atoms with Crippen LogP contribution in [0.1, 0.15) is 28.8 Å². The van der Waals surface area contributed by atoms with Crippen LogP contribution < -0.4 is 5.32 Å². The van der Waals surface area contributed by atoms with E-state index in [9.17, 15) is 14.7 Å². The van der Waals surface area contributed by atoms with Gasteiger partial charge in [0.05, 0.1) is 0 Å². The number of phenols is 1. The molecule has 0 saturated carbocycles. The number of carbonyl (C=O) groups is 2. The second kappa shape index (κ2) is 7.49. The molecule has 1 rings (SSSR count). The number of benzene rings is 1. The molecular formula is C14H19NO5. The fraction of sp³-hybridized carbons (Fsp3) is 0.429. The Hall–Kier alpha value is -2.08. The fourth-order valence-corrected chi connectivity index (χ4v) is 1.73. The molecule has 0 spiro atoms. The quantitative estimate of drug-likeness (QED) is 0.655. The van der Waals surface area contributed by atoms with Crippen molar-refractivity contribution in [3.05, 3.63) is 29.3 Å². The predicted molar refractivity (Wildman–Crippen MR) is 72.8 cm³/mol. The molecule has 0 aromatic heterocycles. The number of phenolic OH excluding ortho intramolecular Hbond substituents is 1. The molecule has 1 unspecified atom stereocenters. The van der Waals surface area contributed by atoms with Crippen molar-refractivity contribution in [3.63, 3.8) is 0 Å². The molecule has 1 aromatic carbocycles. The Morgan fingerprint density at radius 2 is 2.10 bits per heavy atom. The number of aromatic hydroxyl groups is 1. The van der Waals surface area contributed by atoms with Crippen LogP contribution in [0.2, 0.25) is 0 Å². The van der Waals surface area contributed by atoms with E-state index in [-0.39, 0.29) is 5.75 Å². The normalized spacial score (nSPS) is 11.9. The van der Waals surface area contributed by atoms with Crippen molar-refractivity contribution in [1.82, 2.24) is 5.32 Å². The maximum absolute atomic E-state index is 12.0. The van der Waals surface area contributed by atoms with Gasteiger partial charge in [-0.2, -0.15) is 0 Å². The fourth-order valence-electron chi connectivity index (χ4n) is 1.73. The molecule has 0 heterocycles. The molecule has 6 heteroatoms. The summed E-state index contributed by atoms with van der Waals surface area (Å²) in [4.78, 5) is 23.1. The molecule has 1 atom stereocenters. The summed E-state index contributed by atoms with van der Waals surface area (Å²) in [6, 6.07) is 3.42. The molecule has 0 fully saturated rings. The van der Waals surface area contributed by atoms with Crippen molar-refractivity contribution >= 4 is 11.9 Å². The van der Waals surface area contributed by atoms with E-state index in [4.69, 9.17) is 9.84 Å². The van der Waals surface area contributed by atoms with Crippen LogP contribution in [0, 0.1) is 6.92 Å². The smallest absolute Gasteiger partial charge is 0.326 e. The number of aliphatic carboxylic acids is 1. The molecule has 0 aliphatic heterocycles. The number of ether oxygens (including phenoxy) is 1. The molecule has 1 aromatic rings. The standard InChI is InChI=1S/C14H19NO5/c1-9-8-10(5-6-12(9)16)13(17)15-11(14(18)19)4-3-7-20-2/h5-6,8,11,16H,3-4,7H2,1-2H3,(H,15,17)(H,18,19). The second-order valence-electron chi connectivity index (χ2n) is 4.50. The summed E-state index contributed by atoms with van der Waals surface area (Å²) in [6.07, 6.45) is 0.842. The number of nitrogens with one attached hydrogen (secondary N) is 1. The van der Waals surface area contributed by atoms with E-state index >= 15 is 0 Å². The highest BCUT2D eigenvalue weighted by Gasteiger charge is 2.20. The lowest BCUT2D eigenvalue weighted by Crippen LogP contribution is -2.40. The average Bonchev–Trinajstić information content (AvgIpc) is 2.40. The van der Waals surface area contributed by atoms with Gasteiger partial charge in [-0.15, -0.1) is 0 Å². The van der Waals surface area contributed by atoms with Gasteiger partial charge in [-0.3, -0.25) is 4.79 Å². The Kier molecular flexibility index (Phi) is 5.99. The Morgan fingerprint density at radius 3 is 2.65 bits per heavy atom. The molecule has 0 bridgehead atoms. The molecule has 1 amide bonds. The average molecular weight is 281 g/mol. The number of carboxylic acid groups (broad SMARTS) is 1.